The Morgan fingerprint density at radius 3 is 2.54 bits per heavy atom. The summed E-state index contributed by atoms with van der Waals surface area (Å²) in [5.74, 6) is 2.62. The van der Waals surface area contributed by atoms with Crippen LogP contribution in [0.2, 0.25) is 0 Å². The molecule has 5 rings (SSSR count). The van der Waals surface area contributed by atoms with E-state index in [-0.39, 0.29) is 11.9 Å². The Kier molecular flexibility index (Phi) is 3.96. The van der Waals surface area contributed by atoms with Crippen LogP contribution < -0.4 is 0 Å². The number of rotatable bonds is 1. The van der Waals surface area contributed by atoms with Crippen LogP contribution in [0.5, 0.6) is 0 Å². The first kappa shape index (κ1) is 17.7. The summed E-state index contributed by atoms with van der Waals surface area (Å²) in [5.41, 5.74) is 2.32. The highest BCUT2D eigenvalue weighted by Crippen LogP contribution is 2.67. The van der Waals surface area contributed by atoms with Crippen molar-refractivity contribution >= 4 is 0 Å². The fourth-order valence-electron chi connectivity index (χ4n) is 8.18. The molecule has 1 heterocycles. The van der Waals surface area contributed by atoms with Gasteiger partial charge in [-0.25, -0.2) is 0 Å². The van der Waals surface area contributed by atoms with Gasteiger partial charge in [-0.1, -0.05) is 25.5 Å². The highest BCUT2D eigenvalue weighted by Gasteiger charge is 2.60. The van der Waals surface area contributed by atoms with Crippen molar-refractivity contribution in [2.24, 2.45) is 34.5 Å². The fraction of sp³-hybridized carbons (Fsp3) is 0.913. The van der Waals surface area contributed by atoms with Crippen LogP contribution in [0.1, 0.15) is 72.1 Å². The van der Waals surface area contributed by atoms with E-state index in [0.717, 1.165) is 43.8 Å². The molecule has 1 spiro atoms. The molecule has 0 amide bonds. The van der Waals surface area contributed by atoms with Crippen LogP contribution in [-0.4, -0.2) is 30.2 Å². The molecule has 5 aliphatic rings. The second-order valence-electron chi connectivity index (χ2n) is 10.5. The summed E-state index contributed by atoms with van der Waals surface area (Å²) in [5, 5.41) is 10.4. The Morgan fingerprint density at radius 1 is 1.04 bits per heavy atom. The van der Waals surface area contributed by atoms with Crippen molar-refractivity contribution in [3.05, 3.63) is 11.6 Å². The van der Waals surface area contributed by atoms with Gasteiger partial charge in [-0.3, -0.25) is 0 Å². The van der Waals surface area contributed by atoms with Gasteiger partial charge in [-0.15, -0.1) is 0 Å². The van der Waals surface area contributed by atoms with Crippen molar-refractivity contribution in [2.45, 2.75) is 84.0 Å². The number of hydrogen-bond acceptors (Lipinski definition) is 3. The first-order valence-electron chi connectivity index (χ1n) is 11.0. The number of hydrogen-bond donors (Lipinski definition) is 1. The summed E-state index contributed by atoms with van der Waals surface area (Å²) in [4.78, 5) is 0. The quantitative estimate of drug-likeness (QED) is 0.690. The Bertz CT molecular complexity index is 605. The average Bonchev–Trinajstić information content (AvgIpc) is 3.20. The lowest BCUT2D eigenvalue weighted by Gasteiger charge is -2.59. The van der Waals surface area contributed by atoms with E-state index in [0.29, 0.717) is 16.7 Å². The number of aliphatic hydroxyl groups excluding tert-OH is 1. The normalized spacial score (nSPS) is 50.7. The van der Waals surface area contributed by atoms with Crippen LogP contribution in [0.4, 0.5) is 0 Å². The predicted octanol–water partition coefficient (Wildman–Crippen LogP) is 4.69. The molecule has 3 nitrogen and oxygen atoms in total. The van der Waals surface area contributed by atoms with E-state index in [4.69, 9.17) is 9.47 Å². The van der Waals surface area contributed by atoms with E-state index in [1.807, 2.05) is 6.92 Å². The van der Waals surface area contributed by atoms with Crippen molar-refractivity contribution in [3.8, 4) is 0 Å². The van der Waals surface area contributed by atoms with Crippen molar-refractivity contribution < 1.29 is 14.6 Å². The third-order valence-corrected chi connectivity index (χ3v) is 9.58. The van der Waals surface area contributed by atoms with Crippen LogP contribution in [0, 0.1) is 34.5 Å². The highest BCUT2D eigenvalue weighted by atomic mass is 16.7. The average molecular weight is 361 g/mol. The number of fused-ring (bicyclic) bond motifs is 5. The predicted molar refractivity (Wildman–Crippen MR) is 102 cm³/mol. The monoisotopic (exact) mass is 360 g/mol. The maximum Gasteiger partial charge on any atom is 0.172 e. The van der Waals surface area contributed by atoms with Gasteiger partial charge in [-0.2, -0.15) is 0 Å². The van der Waals surface area contributed by atoms with E-state index < -0.39 is 0 Å². The van der Waals surface area contributed by atoms with Crippen molar-refractivity contribution in [1.82, 2.24) is 0 Å². The highest BCUT2D eigenvalue weighted by molar-refractivity contribution is 5.26. The molecule has 0 aromatic heterocycles. The minimum Gasteiger partial charge on any atom is -0.393 e. The molecule has 0 aromatic carbocycles. The van der Waals surface area contributed by atoms with Gasteiger partial charge in [0.2, 0.25) is 0 Å². The number of aliphatic hydroxyl groups is 1. The molecule has 4 aliphatic carbocycles. The lowest BCUT2D eigenvalue weighted by Crippen LogP contribution is -2.52. The standard InChI is InChI=1S/C23H36O3/c1-15(24)18-6-7-19-17-5-4-16-14-23(25-12-13-26-23)11-10-21(16,2)20(17)8-9-22(18,19)3/h4,15,17-20,24H,5-14H2,1-3H3. The summed E-state index contributed by atoms with van der Waals surface area (Å²) in [6.07, 6.45) is 12.1. The zero-order valence-corrected chi connectivity index (χ0v) is 16.8. The second-order valence-corrected chi connectivity index (χ2v) is 10.5. The molecule has 1 N–H and O–H groups in total. The molecule has 3 heteroatoms. The van der Waals surface area contributed by atoms with Crippen molar-refractivity contribution in [3.63, 3.8) is 0 Å². The molecule has 1 aliphatic heterocycles. The van der Waals surface area contributed by atoms with Gasteiger partial charge in [0, 0.05) is 12.8 Å². The zero-order chi connectivity index (χ0) is 18.2. The maximum atomic E-state index is 10.4. The van der Waals surface area contributed by atoms with E-state index >= 15 is 0 Å². The molecule has 0 aromatic rings. The van der Waals surface area contributed by atoms with E-state index in [1.165, 1.54) is 38.5 Å². The SMILES string of the molecule is CC(O)C1CCC2C3CC=C4CC5(CCC4(C)C3CCC12C)OCCO5. The molecule has 3 saturated carbocycles. The van der Waals surface area contributed by atoms with Gasteiger partial charge in [0.1, 0.15) is 0 Å². The van der Waals surface area contributed by atoms with Gasteiger partial charge in [0.05, 0.1) is 19.3 Å². The Hall–Kier alpha value is -0.380. The molecule has 7 unspecified atom stereocenters. The largest absolute Gasteiger partial charge is 0.393 e. The summed E-state index contributed by atoms with van der Waals surface area (Å²) < 4.78 is 12.1. The van der Waals surface area contributed by atoms with Gasteiger partial charge in [-0.05, 0) is 80.0 Å². The number of allylic oxidation sites excluding steroid dienone is 1. The van der Waals surface area contributed by atoms with Crippen LogP contribution in [0.15, 0.2) is 11.6 Å². The lowest BCUT2D eigenvalue weighted by molar-refractivity contribution is -0.185. The Balaban J connectivity index is 1.44. The van der Waals surface area contributed by atoms with E-state index in [1.54, 1.807) is 5.57 Å². The molecule has 7 atom stereocenters. The van der Waals surface area contributed by atoms with Crippen LogP contribution in [0.3, 0.4) is 0 Å². The minimum absolute atomic E-state index is 0.155. The molecule has 146 valence electrons. The van der Waals surface area contributed by atoms with Crippen LogP contribution in [-0.2, 0) is 9.47 Å². The summed E-state index contributed by atoms with van der Waals surface area (Å²) in [7, 11) is 0. The first-order chi connectivity index (χ1) is 12.4. The topological polar surface area (TPSA) is 38.7 Å². The third kappa shape index (κ3) is 2.29. The lowest BCUT2D eigenvalue weighted by atomic mass is 9.47. The third-order valence-electron chi connectivity index (χ3n) is 9.58. The van der Waals surface area contributed by atoms with Crippen LogP contribution >= 0.6 is 0 Å². The number of ether oxygens (including phenoxy) is 2. The van der Waals surface area contributed by atoms with Crippen molar-refractivity contribution in [1.29, 1.82) is 0 Å². The maximum absolute atomic E-state index is 10.4. The van der Waals surface area contributed by atoms with Gasteiger partial charge in [0.15, 0.2) is 5.79 Å². The summed E-state index contributed by atoms with van der Waals surface area (Å²) in [6.45, 7) is 8.58. The minimum atomic E-state index is -0.299. The molecule has 26 heavy (non-hydrogen) atoms. The smallest absolute Gasteiger partial charge is 0.172 e. The summed E-state index contributed by atoms with van der Waals surface area (Å²) in [6, 6.07) is 0. The molecule has 1 saturated heterocycles. The summed E-state index contributed by atoms with van der Waals surface area (Å²) >= 11 is 0. The Labute approximate surface area is 158 Å². The molecule has 0 radical (unpaired) electrons. The molecule has 4 fully saturated rings. The Morgan fingerprint density at radius 2 is 1.81 bits per heavy atom. The second kappa shape index (κ2) is 5.81. The zero-order valence-electron chi connectivity index (χ0n) is 16.8. The molecular weight excluding hydrogens is 324 g/mol. The van der Waals surface area contributed by atoms with E-state index in [2.05, 4.69) is 19.9 Å². The van der Waals surface area contributed by atoms with Gasteiger partial charge >= 0.3 is 0 Å². The molecular formula is C23H36O3. The van der Waals surface area contributed by atoms with Gasteiger partial charge < -0.3 is 14.6 Å². The molecule has 0 bridgehead atoms. The van der Waals surface area contributed by atoms with Gasteiger partial charge in [0.25, 0.3) is 0 Å². The fourth-order valence-corrected chi connectivity index (χ4v) is 8.18. The van der Waals surface area contributed by atoms with Crippen LogP contribution in [0.25, 0.3) is 0 Å². The first-order valence-corrected chi connectivity index (χ1v) is 11.0. The van der Waals surface area contributed by atoms with E-state index in [9.17, 15) is 5.11 Å². The van der Waals surface area contributed by atoms with Crippen molar-refractivity contribution in [2.75, 3.05) is 13.2 Å².